The van der Waals surface area contributed by atoms with Crippen molar-refractivity contribution in [1.82, 2.24) is 20.0 Å². The van der Waals surface area contributed by atoms with Crippen molar-refractivity contribution in [3.05, 3.63) is 62.7 Å². The topological polar surface area (TPSA) is 119 Å². The number of ketones is 1. The first-order valence-electron chi connectivity index (χ1n) is 10.5. The molecule has 1 aromatic carbocycles. The van der Waals surface area contributed by atoms with Gasteiger partial charge in [-0.2, -0.15) is 4.98 Å². The zero-order valence-electron chi connectivity index (χ0n) is 18.2. The van der Waals surface area contributed by atoms with Crippen molar-refractivity contribution in [3.63, 3.8) is 0 Å². The molecule has 178 valence electrons. The van der Waals surface area contributed by atoms with Crippen molar-refractivity contribution in [2.45, 2.75) is 45.7 Å². The maximum absolute atomic E-state index is 13.5. The van der Waals surface area contributed by atoms with Gasteiger partial charge in [0.2, 0.25) is 5.89 Å². The number of rotatable bonds is 6. The Morgan fingerprint density at radius 3 is 2.68 bits per heavy atom. The third-order valence-electron chi connectivity index (χ3n) is 5.44. The number of hydrogen-bond acceptors (Lipinski definition) is 6. The lowest BCUT2D eigenvalue weighted by Gasteiger charge is -2.18. The number of carbonyl (C=O) groups excluding carboxylic acids is 3. The quantitative estimate of drug-likeness (QED) is 0.379. The molecule has 1 atom stereocenters. The highest BCUT2D eigenvalue weighted by molar-refractivity contribution is 6.48. The molecule has 1 aliphatic heterocycles. The Morgan fingerprint density at radius 1 is 1.24 bits per heavy atom. The van der Waals surface area contributed by atoms with Gasteiger partial charge in [0.1, 0.15) is 17.6 Å². The molecule has 3 aromatic rings. The van der Waals surface area contributed by atoms with Crippen LogP contribution in [0.15, 0.2) is 22.7 Å². The van der Waals surface area contributed by atoms with Crippen molar-refractivity contribution < 1.29 is 23.3 Å². The van der Waals surface area contributed by atoms with Crippen LogP contribution in [0.5, 0.6) is 0 Å². The third-order valence-corrected chi connectivity index (χ3v) is 6.10. The summed E-state index contributed by atoms with van der Waals surface area (Å²) in [5, 5.41) is 8.54. The molecule has 0 aliphatic carbocycles. The Kier molecular flexibility index (Phi) is 6.72. The average Bonchev–Trinajstić information content (AvgIpc) is 3.36. The normalized spacial score (nSPS) is 13.8. The number of aromatic nitrogens is 3. The summed E-state index contributed by atoms with van der Waals surface area (Å²) in [5.74, 6) is -2.48. The van der Waals surface area contributed by atoms with Gasteiger partial charge in [0.05, 0.1) is 15.6 Å². The summed E-state index contributed by atoms with van der Waals surface area (Å²) in [7, 11) is 0. The lowest BCUT2D eigenvalue weighted by molar-refractivity contribution is -0.117. The smallest absolute Gasteiger partial charge is 0.294 e. The van der Waals surface area contributed by atoms with Crippen molar-refractivity contribution in [1.29, 1.82) is 0 Å². The van der Waals surface area contributed by atoms with E-state index in [9.17, 15) is 18.8 Å². The number of hydrogen-bond donors (Lipinski definition) is 2. The Bertz CT molecular complexity index is 1300. The second-order valence-electron chi connectivity index (χ2n) is 7.88. The standard InChI is InChI=1S/C22H20Cl2FN5O4/c1-10(22-27-11(2)29-34-22)26-21(33)19(31)18-17(24)16(15-5-3-4-8-30(15)18)20(32)28-12-6-7-14(25)13(23)9-12/h6-7,9-10H,3-5,8H2,1-2H3,(H,26,33)(H,28,32)/t10-/m0/s1. The SMILES string of the molecule is Cc1noc([C@H](C)NC(=O)C(=O)c2c(Cl)c(C(=O)Nc3ccc(F)c(Cl)c3)c3n2CCCC3)n1. The molecule has 0 saturated carbocycles. The minimum absolute atomic E-state index is 0.0648. The van der Waals surface area contributed by atoms with Gasteiger partial charge in [-0.1, -0.05) is 28.4 Å². The molecule has 3 heterocycles. The molecule has 2 aromatic heterocycles. The summed E-state index contributed by atoms with van der Waals surface area (Å²) in [6, 6.07) is 3.04. The highest BCUT2D eigenvalue weighted by atomic mass is 35.5. The molecular formula is C22H20Cl2FN5O4. The maximum Gasteiger partial charge on any atom is 0.294 e. The molecule has 34 heavy (non-hydrogen) atoms. The number of halogens is 3. The van der Waals surface area contributed by atoms with Crippen LogP contribution in [0.2, 0.25) is 10.0 Å². The zero-order valence-corrected chi connectivity index (χ0v) is 19.8. The number of anilines is 1. The van der Waals surface area contributed by atoms with Crippen LogP contribution in [0.3, 0.4) is 0 Å². The number of nitrogens with zero attached hydrogens (tertiary/aromatic N) is 3. The van der Waals surface area contributed by atoms with E-state index in [4.69, 9.17) is 27.7 Å². The van der Waals surface area contributed by atoms with Gasteiger partial charge in [-0.15, -0.1) is 0 Å². The molecule has 9 nitrogen and oxygen atoms in total. The second kappa shape index (κ2) is 9.55. The predicted molar refractivity (Wildman–Crippen MR) is 122 cm³/mol. The van der Waals surface area contributed by atoms with Gasteiger partial charge in [-0.25, -0.2) is 4.39 Å². The maximum atomic E-state index is 13.5. The first-order chi connectivity index (χ1) is 16.2. The number of fused-ring (bicyclic) bond motifs is 1. The van der Waals surface area contributed by atoms with E-state index in [0.29, 0.717) is 24.5 Å². The van der Waals surface area contributed by atoms with Crippen LogP contribution < -0.4 is 10.6 Å². The lowest BCUT2D eigenvalue weighted by atomic mass is 10.1. The van der Waals surface area contributed by atoms with Crippen molar-refractivity contribution in [2.75, 3.05) is 5.32 Å². The van der Waals surface area contributed by atoms with E-state index in [2.05, 4.69) is 20.8 Å². The fourth-order valence-electron chi connectivity index (χ4n) is 3.84. The Hall–Kier alpha value is -3.24. The summed E-state index contributed by atoms with van der Waals surface area (Å²) >= 11 is 12.3. The monoisotopic (exact) mass is 507 g/mol. The summed E-state index contributed by atoms with van der Waals surface area (Å²) < 4.78 is 20.1. The van der Waals surface area contributed by atoms with Gasteiger partial charge in [-0.3, -0.25) is 14.4 Å². The van der Waals surface area contributed by atoms with Gasteiger partial charge in [0.15, 0.2) is 5.82 Å². The Labute approximate surface area is 203 Å². The molecule has 0 spiro atoms. The van der Waals surface area contributed by atoms with Crippen LogP contribution in [0.4, 0.5) is 10.1 Å². The van der Waals surface area contributed by atoms with Crippen LogP contribution in [0.1, 0.15) is 64.1 Å². The highest BCUT2D eigenvalue weighted by Gasteiger charge is 2.34. The van der Waals surface area contributed by atoms with Gasteiger partial charge < -0.3 is 19.7 Å². The van der Waals surface area contributed by atoms with E-state index in [-0.39, 0.29) is 32.9 Å². The molecule has 4 rings (SSSR count). The van der Waals surface area contributed by atoms with E-state index < -0.39 is 29.5 Å². The van der Waals surface area contributed by atoms with Crippen LogP contribution >= 0.6 is 23.2 Å². The fourth-order valence-corrected chi connectivity index (χ4v) is 4.41. The van der Waals surface area contributed by atoms with Crippen LogP contribution in [0.25, 0.3) is 0 Å². The average molecular weight is 508 g/mol. The van der Waals surface area contributed by atoms with Crippen molar-refractivity contribution in [2.24, 2.45) is 0 Å². The summed E-state index contributed by atoms with van der Waals surface area (Å²) in [6.45, 7) is 3.66. The zero-order chi connectivity index (χ0) is 24.6. The molecule has 0 unspecified atom stereocenters. The summed E-state index contributed by atoms with van der Waals surface area (Å²) in [5.41, 5.74) is 0.847. The molecule has 0 fully saturated rings. The largest absolute Gasteiger partial charge is 0.340 e. The molecular weight excluding hydrogens is 488 g/mol. The van der Waals surface area contributed by atoms with Crippen LogP contribution in [0, 0.1) is 12.7 Å². The predicted octanol–water partition coefficient (Wildman–Crippen LogP) is 4.27. The second-order valence-corrected chi connectivity index (χ2v) is 8.67. The van der Waals surface area contributed by atoms with Crippen molar-refractivity contribution in [3.8, 4) is 0 Å². The van der Waals surface area contributed by atoms with E-state index >= 15 is 0 Å². The van der Waals surface area contributed by atoms with Gasteiger partial charge in [0.25, 0.3) is 17.6 Å². The molecule has 2 amide bonds. The molecule has 0 bridgehead atoms. The molecule has 1 aliphatic rings. The van der Waals surface area contributed by atoms with Gasteiger partial charge >= 0.3 is 0 Å². The third kappa shape index (κ3) is 4.55. The number of Topliss-reactive ketones (excluding diaryl/α,β-unsaturated/α-hetero) is 1. The molecule has 12 heteroatoms. The number of nitrogens with one attached hydrogen (secondary N) is 2. The number of aryl methyl sites for hydroxylation is 1. The van der Waals surface area contributed by atoms with Gasteiger partial charge in [-0.05, 0) is 51.3 Å². The molecule has 0 radical (unpaired) electrons. The number of carbonyl (C=O) groups is 3. The van der Waals surface area contributed by atoms with Gasteiger partial charge in [0, 0.05) is 17.9 Å². The Balaban J connectivity index is 1.63. The minimum atomic E-state index is -0.923. The lowest BCUT2D eigenvalue weighted by Crippen LogP contribution is -2.35. The molecule has 0 saturated heterocycles. The van der Waals surface area contributed by atoms with Crippen LogP contribution in [-0.4, -0.2) is 32.3 Å². The molecule has 2 N–H and O–H groups in total. The fraction of sp³-hybridized carbons (Fsp3) is 0.318. The minimum Gasteiger partial charge on any atom is -0.340 e. The Morgan fingerprint density at radius 2 is 2.00 bits per heavy atom. The van der Waals surface area contributed by atoms with E-state index in [1.807, 2.05) is 0 Å². The van der Waals surface area contributed by atoms with E-state index in [1.165, 1.54) is 12.1 Å². The number of benzene rings is 1. The van der Waals surface area contributed by atoms with Crippen molar-refractivity contribution >= 4 is 46.5 Å². The number of amides is 2. The first kappa shape index (κ1) is 23.9. The summed E-state index contributed by atoms with van der Waals surface area (Å²) in [6.07, 6.45) is 2.04. The van der Waals surface area contributed by atoms with E-state index in [0.717, 1.165) is 18.9 Å². The summed E-state index contributed by atoms with van der Waals surface area (Å²) in [4.78, 5) is 43.0. The van der Waals surface area contributed by atoms with Crippen LogP contribution in [-0.2, 0) is 17.8 Å². The first-order valence-corrected chi connectivity index (χ1v) is 11.3. The van der Waals surface area contributed by atoms with E-state index in [1.54, 1.807) is 18.4 Å². The highest BCUT2D eigenvalue weighted by Crippen LogP contribution is 2.34.